The van der Waals surface area contributed by atoms with Gasteiger partial charge in [-0.2, -0.15) is 0 Å². The number of benzene rings is 1. The van der Waals surface area contributed by atoms with Crippen LogP contribution in [-0.2, 0) is 11.2 Å². The van der Waals surface area contributed by atoms with E-state index in [9.17, 15) is 0 Å². The predicted octanol–water partition coefficient (Wildman–Crippen LogP) is 3.87. The maximum atomic E-state index is 5.61. The van der Waals surface area contributed by atoms with E-state index in [0.717, 1.165) is 31.9 Å². The van der Waals surface area contributed by atoms with Gasteiger partial charge in [0.2, 0.25) is 0 Å². The van der Waals surface area contributed by atoms with Crippen LogP contribution in [0.25, 0.3) is 0 Å². The summed E-state index contributed by atoms with van der Waals surface area (Å²) < 4.78 is 11.0. The molecule has 0 radical (unpaired) electrons. The van der Waals surface area contributed by atoms with E-state index >= 15 is 0 Å². The molecule has 1 atom stereocenters. The van der Waals surface area contributed by atoms with Crippen LogP contribution in [0.3, 0.4) is 0 Å². The molecule has 0 saturated carbocycles. The maximum absolute atomic E-state index is 5.61. The van der Waals surface area contributed by atoms with Gasteiger partial charge in [-0.3, -0.25) is 0 Å². The van der Waals surface area contributed by atoms with Crippen LogP contribution in [0.2, 0.25) is 0 Å². The third-order valence-corrected chi connectivity index (χ3v) is 4.17. The van der Waals surface area contributed by atoms with Crippen molar-refractivity contribution in [3.05, 3.63) is 29.3 Å². The Hall–Kier alpha value is -1.06. The first-order valence-electron chi connectivity index (χ1n) is 8.33. The first kappa shape index (κ1) is 16.3. The van der Waals surface area contributed by atoms with Gasteiger partial charge in [0.05, 0.1) is 7.11 Å². The van der Waals surface area contributed by atoms with Gasteiger partial charge in [0.25, 0.3) is 0 Å². The Morgan fingerprint density at radius 3 is 2.90 bits per heavy atom. The monoisotopic (exact) mass is 291 g/mol. The number of ether oxygens (including phenoxy) is 2. The van der Waals surface area contributed by atoms with Gasteiger partial charge in [-0.05, 0) is 61.9 Å². The molecule has 0 amide bonds. The van der Waals surface area contributed by atoms with Gasteiger partial charge in [0, 0.05) is 19.3 Å². The fraction of sp³-hybridized carbons (Fsp3) is 0.667. The first-order chi connectivity index (χ1) is 10.3. The third-order valence-electron chi connectivity index (χ3n) is 4.17. The van der Waals surface area contributed by atoms with Crippen molar-refractivity contribution in [2.75, 3.05) is 26.9 Å². The minimum Gasteiger partial charge on any atom is -0.497 e. The largest absolute Gasteiger partial charge is 0.497 e. The van der Waals surface area contributed by atoms with E-state index < -0.39 is 0 Å². The fourth-order valence-corrected chi connectivity index (χ4v) is 2.92. The molecule has 0 aromatic heterocycles. The van der Waals surface area contributed by atoms with E-state index in [-0.39, 0.29) is 0 Å². The molecule has 1 aliphatic carbocycles. The Bertz CT molecular complexity index is 420. The smallest absolute Gasteiger partial charge is 0.119 e. The van der Waals surface area contributed by atoms with Crippen LogP contribution >= 0.6 is 0 Å². The number of hydrogen-bond donors (Lipinski definition) is 1. The molecule has 3 nitrogen and oxygen atoms in total. The molecule has 0 heterocycles. The Kier molecular flexibility index (Phi) is 7.04. The van der Waals surface area contributed by atoms with E-state index in [2.05, 4.69) is 30.4 Å². The highest BCUT2D eigenvalue weighted by Crippen LogP contribution is 2.32. The summed E-state index contributed by atoms with van der Waals surface area (Å²) in [7, 11) is 1.74. The highest BCUT2D eigenvalue weighted by molar-refractivity contribution is 5.39. The summed E-state index contributed by atoms with van der Waals surface area (Å²) in [6.07, 6.45) is 7.14. The summed E-state index contributed by atoms with van der Waals surface area (Å²) in [5.41, 5.74) is 2.89. The van der Waals surface area contributed by atoms with Crippen LogP contribution in [0.1, 0.15) is 56.2 Å². The summed E-state index contributed by atoms with van der Waals surface area (Å²) in [5.74, 6) is 0.963. The van der Waals surface area contributed by atoms with Crippen LogP contribution in [0.15, 0.2) is 18.2 Å². The van der Waals surface area contributed by atoms with Gasteiger partial charge < -0.3 is 14.8 Å². The molecular weight excluding hydrogens is 262 g/mol. The van der Waals surface area contributed by atoms with Crippen LogP contribution in [0.5, 0.6) is 5.75 Å². The van der Waals surface area contributed by atoms with Crippen molar-refractivity contribution in [1.29, 1.82) is 0 Å². The second-order valence-corrected chi connectivity index (χ2v) is 5.78. The van der Waals surface area contributed by atoms with Crippen molar-refractivity contribution in [1.82, 2.24) is 5.32 Å². The Labute approximate surface area is 129 Å². The predicted molar refractivity (Wildman–Crippen MR) is 87.0 cm³/mol. The standard InChI is InChI=1S/C18H29NO2/c1-3-4-12-21-13-6-11-19-18-8-5-7-15-9-10-16(20-2)14-17(15)18/h9-10,14,18-19H,3-8,11-13H2,1-2H3. The highest BCUT2D eigenvalue weighted by atomic mass is 16.5. The van der Waals surface area contributed by atoms with Crippen molar-refractivity contribution in [3.63, 3.8) is 0 Å². The van der Waals surface area contributed by atoms with Crippen LogP contribution in [0, 0.1) is 0 Å². The summed E-state index contributed by atoms with van der Waals surface area (Å²) in [5, 5.41) is 3.68. The van der Waals surface area contributed by atoms with E-state index in [1.807, 2.05) is 0 Å². The summed E-state index contributed by atoms with van der Waals surface area (Å²) >= 11 is 0. The lowest BCUT2D eigenvalue weighted by Crippen LogP contribution is -2.26. The number of fused-ring (bicyclic) bond motifs is 1. The number of nitrogens with one attached hydrogen (secondary N) is 1. The first-order valence-corrected chi connectivity index (χ1v) is 8.33. The summed E-state index contributed by atoms with van der Waals surface area (Å²) in [6, 6.07) is 6.96. The number of hydrogen-bond acceptors (Lipinski definition) is 3. The summed E-state index contributed by atoms with van der Waals surface area (Å²) in [6.45, 7) is 4.98. The zero-order chi connectivity index (χ0) is 14.9. The Morgan fingerprint density at radius 1 is 1.24 bits per heavy atom. The number of aryl methyl sites for hydroxylation is 1. The van der Waals surface area contributed by atoms with E-state index in [1.165, 1.54) is 43.2 Å². The lowest BCUT2D eigenvalue weighted by atomic mass is 9.87. The zero-order valence-electron chi connectivity index (χ0n) is 13.5. The third kappa shape index (κ3) is 5.01. The molecule has 1 aromatic carbocycles. The van der Waals surface area contributed by atoms with Crippen molar-refractivity contribution in [2.45, 2.75) is 51.5 Å². The lowest BCUT2D eigenvalue weighted by molar-refractivity contribution is 0.128. The number of methoxy groups -OCH3 is 1. The molecular formula is C18H29NO2. The zero-order valence-corrected chi connectivity index (χ0v) is 13.5. The molecule has 0 spiro atoms. The quantitative estimate of drug-likeness (QED) is 0.701. The van der Waals surface area contributed by atoms with Crippen molar-refractivity contribution in [2.24, 2.45) is 0 Å². The molecule has 0 bridgehead atoms. The fourth-order valence-electron chi connectivity index (χ4n) is 2.92. The van der Waals surface area contributed by atoms with Gasteiger partial charge >= 0.3 is 0 Å². The van der Waals surface area contributed by atoms with Gasteiger partial charge in [0.1, 0.15) is 5.75 Å². The molecule has 0 aliphatic heterocycles. The second-order valence-electron chi connectivity index (χ2n) is 5.78. The van der Waals surface area contributed by atoms with Gasteiger partial charge in [-0.1, -0.05) is 19.4 Å². The van der Waals surface area contributed by atoms with Gasteiger partial charge in [-0.15, -0.1) is 0 Å². The molecule has 2 rings (SSSR count). The molecule has 1 unspecified atom stereocenters. The Balaban J connectivity index is 1.77. The average Bonchev–Trinajstić information content (AvgIpc) is 2.53. The molecule has 3 heteroatoms. The molecule has 0 saturated heterocycles. The van der Waals surface area contributed by atoms with Crippen molar-refractivity contribution >= 4 is 0 Å². The number of rotatable bonds is 9. The SMILES string of the molecule is CCCCOCCCNC1CCCc2ccc(OC)cc21. The van der Waals surface area contributed by atoms with Crippen LogP contribution < -0.4 is 10.1 Å². The van der Waals surface area contributed by atoms with E-state index in [1.54, 1.807) is 7.11 Å². The van der Waals surface area contributed by atoms with Crippen LogP contribution in [0.4, 0.5) is 0 Å². The molecule has 118 valence electrons. The second kappa shape index (κ2) is 9.06. The molecule has 1 aromatic rings. The van der Waals surface area contributed by atoms with Crippen molar-refractivity contribution < 1.29 is 9.47 Å². The minimum absolute atomic E-state index is 0.472. The van der Waals surface area contributed by atoms with E-state index in [0.29, 0.717) is 6.04 Å². The summed E-state index contributed by atoms with van der Waals surface area (Å²) in [4.78, 5) is 0. The molecule has 1 aliphatic rings. The molecule has 0 fully saturated rings. The van der Waals surface area contributed by atoms with E-state index in [4.69, 9.17) is 9.47 Å². The molecule has 1 N–H and O–H groups in total. The van der Waals surface area contributed by atoms with Crippen LogP contribution in [-0.4, -0.2) is 26.9 Å². The molecule has 21 heavy (non-hydrogen) atoms. The normalized spacial score (nSPS) is 17.5. The minimum atomic E-state index is 0.472. The van der Waals surface area contributed by atoms with Gasteiger partial charge in [0.15, 0.2) is 0 Å². The van der Waals surface area contributed by atoms with Crippen molar-refractivity contribution in [3.8, 4) is 5.75 Å². The lowest BCUT2D eigenvalue weighted by Gasteiger charge is -2.27. The maximum Gasteiger partial charge on any atom is 0.119 e. The highest BCUT2D eigenvalue weighted by Gasteiger charge is 2.19. The average molecular weight is 291 g/mol. The Morgan fingerprint density at radius 2 is 2.10 bits per heavy atom. The van der Waals surface area contributed by atoms with Gasteiger partial charge in [-0.25, -0.2) is 0 Å². The number of unbranched alkanes of at least 4 members (excludes halogenated alkanes) is 1. The topological polar surface area (TPSA) is 30.5 Å².